The highest BCUT2D eigenvalue weighted by Crippen LogP contribution is 2.33. The number of anilines is 1. The van der Waals surface area contributed by atoms with Gasteiger partial charge in [-0.2, -0.15) is 0 Å². The Labute approximate surface area is 148 Å². The Morgan fingerprint density at radius 3 is 2.20 bits per heavy atom. The van der Waals surface area contributed by atoms with Gasteiger partial charge in [0.2, 0.25) is 0 Å². The van der Waals surface area contributed by atoms with E-state index in [-0.39, 0.29) is 11.7 Å². The summed E-state index contributed by atoms with van der Waals surface area (Å²) in [5.41, 5.74) is 4.19. The van der Waals surface area contributed by atoms with Gasteiger partial charge < -0.3 is 14.8 Å². The zero-order valence-corrected chi connectivity index (χ0v) is 14.8. The highest BCUT2D eigenvalue weighted by atomic mass is 16.5. The number of allylic oxidation sites excluding steroid dienone is 2. The first-order chi connectivity index (χ1) is 12.1. The van der Waals surface area contributed by atoms with Crippen molar-refractivity contribution in [2.24, 2.45) is 0 Å². The summed E-state index contributed by atoms with van der Waals surface area (Å²) in [5, 5.41) is 3.35. The lowest BCUT2D eigenvalue weighted by atomic mass is 9.85. The summed E-state index contributed by atoms with van der Waals surface area (Å²) < 4.78 is 10.6. The van der Waals surface area contributed by atoms with Crippen LogP contribution in [0.15, 0.2) is 54.2 Å². The molecule has 1 N–H and O–H groups in total. The van der Waals surface area contributed by atoms with Gasteiger partial charge >= 0.3 is 0 Å². The average Bonchev–Trinajstić information content (AvgIpc) is 2.61. The zero-order valence-electron chi connectivity index (χ0n) is 14.8. The molecule has 0 saturated heterocycles. The molecule has 2 aromatic rings. The van der Waals surface area contributed by atoms with Gasteiger partial charge in [-0.3, -0.25) is 4.79 Å². The van der Waals surface area contributed by atoms with Crippen molar-refractivity contribution in [1.82, 2.24) is 0 Å². The second-order valence-electron chi connectivity index (χ2n) is 6.38. The fraction of sp³-hybridized carbons (Fsp3) is 0.286. The van der Waals surface area contributed by atoms with Gasteiger partial charge in [-0.25, -0.2) is 0 Å². The van der Waals surface area contributed by atoms with E-state index >= 15 is 0 Å². The van der Waals surface area contributed by atoms with Crippen LogP contribution in [0.1, 0.15) is 29.9 Å². The number of nitrogens with one attached hydrogen (secondary N) is 1. The molecule has 0 amide bonds. The van der Waals surface area contributed by atoms with Gasteiger partial charge in [0.1, 0.15) is 11.5 Å². The normalized spacial score (nSPS) is 17.0. The number of ether oxygens (including phenoxy) is 2. The van der Waals surface area contributed by atoms with Crippen molar-refractivity contribution in [2.75, 3.05) is 19.5 Å². The Hall–Kier alpha value is -2.75. The smallest absolute Gasteiger partial charge is 0.158 e. The molecule has 0 aliphatic heterocycles. The molecule has 0 heterocycles. The maximum Gasteiger partial charge on any atom is 0.158 e. The van der Waals surface area contributed by atoms with E-state index in [2.05, 4.69) is 36.5 Å². The fourth-order valence-corrected chi connectivity index (χ4v) is 3.12. The van der Waals surface area contributed by atoms with Crippen LogP contribution in [0.25, 0.3) is 0 Å². The van der Waals surface area contributed by atoms with Gasteiger partial charge in [-0.1, -0.05) is 29.8 Å². The first-order valence-electron chi connectivity index (χ1n) is 8.37. The van der Waals surface area contributed by atoms with Gasteiger partial charge in [0.25, 0.3) is 0 Å². The summed E-state index contributed by atoms with van der Waals surface area (Å²) >= 11 is 0. The molecule has 2 aromatic carbocycles. The Morgan fingerprint density at radius 1 is 0.960 bits per heavy atom. The lowest BCUT2D eigenvalue weighted by molar-refractivity contribution is -0.115. The molecule has 0 bridgehead atoms. The predicted molar refractivity (Wildman–Crippen MR) is 99.4 cm³/mol. The fourth-order valence-electron chi connectivity index (χ4n) is 3.12. The van der Waals surface area contributed by atoms with Crippen LogP contribution < -0.4 is 14.8 Å². The van der Waals surface area contributed by atoms with E-state index in [0.717, 1.165) is 17.8 Å². The molecule has 1 atom stereocenters. The van der Waals surface area contributed by atoms with Crippen LogP contribution in [0.4, 0.5) is 5.69 Å². The van der Waals surface area contributed by atoms with Gasteiger partial charge in [0.05, 0.1) is 14.2 Å². The number of carbonyl (C=O) groups is 1. The van der Waals surface area contributed by atoms with Gasteiger partial charge in [0.15, 0.2) is 5.78 Å². The van der Waals surface area contributed by atoms with E-state index < -0.39 is 0 Å². The largest absolute Gasteiger partial charge is 0.497 e. The molecule has 0 fully saturated rings. The molecule has 0 saturated carbocycles. The summed E-state index contributed by atoms with van der Waals surface area (Å²) in [5.74, 6) is 1.77. The molecular formula is C21H23NO3. The second kappa shape index (κ2) is 7.43. The van der Waals surface area contributed by atoms with Gasteiger partial charge in [-0.05, 0) is 24.8 Å². The highest BCUT2D eigenvalue weighted by Gasteiger charge is 2.22. The molecule has 1 aliphatic rings. The number of methoxy groups -OCH3 is 2. The lowest BCUT2D eigenvalue weighted by Crippen LogP contribution is -2.16. The van der Waals surface area contributed by atoms with Crippen LogP contribution in [-0.4, -0.2) is 20.0 Å². The number of benzene rings is 2. The quantitative estimate of drug-likeness (QED) is 0.875. The topological polar surface area (TPSA) is 47.6 Å². The van der Waals surface area contributed by atoms with Crippen LogP contribution in [0.5, 0.6) is 11.5 Å². The maximum atomic E-state index is 12.2. The van der Waals surface area contributed by atoms with E-state index in [4.69, 9.17) is 9.47 Å². The SMILES string of the molecule is COc1cc(NC2=CC(=O)C[C@H](c3ccc(C)cc3)C2)cc(OC)c1. The van der Waals surface area contributed by atoms with Crippen molar-refractivity contribution in [3.05, 3.63) is 65.4 Å². The van der Waals surface area contributed by atoms with Crippen LogP contribution in [0.2, 0.25) is 0 Å². The molecule has 0 unspecified atom stereocenters. The van der Waals surface area contributed by atoms with Crippen molar-refractivity contribution < 1.29 is 14.3 Å². The second-order valence-corrected chi connectivity index (χ2v) is 6.38. The molecule has 0 aromatic heterocycles. The first kappa shape index (κ1) is 17.1. The van der Waals surface area contributed by atoms with Crippen LogP contribution in [-0.2, 0) is 4.79 Å². The van der Waals surface area contributed by atoms with Crippen LogP contribution in [0, 0.1) is 6.92 Å². The predicted octanol–water partition coefficient (Wildman–Crippen LogP) is 4.45. The molecule has 4 heteroatoms. The third kappa shape index (κ3) is 4.21. The first-order valence-corrected chi connectivity index (χ1v) is 8.37. The summed E-state index contributed by atoms with van der Waals surface area (Å²) in [4.78, 5) is 12.2. The average molecular weight is 337 g/mol. The molecule has 0 spiro atoms. The standard InChI is InChI=1S/C21H23NO3/c1-14-4-6-15(7-5-14)16-8-17(10-19(23)9-16)22-18-11-20(24-2)13-21(12-18)25-3/h4-7,10-13,16,22H,8-9H2,1-3H3/t16-/m1/s1. The van der Waals surface area contributed by atoms with Crippen molar-refractivity contribution >= 4 is 11.5 Å². The summed E-state index contributed by atoms with van der Waals surface area (Å²) in [6, 6.07) is 14.0. The molecule has 4 nitrogen and oxygen atoms in total. The van der Waals surface area contributed by atoms with Gasteiger partial charge in [0, 0.05) is 42.1 Å². The summed E-state index contributed by atoms with van der Waals surface area (Å²) in [6.45, 7) is 2.07. The third-order valence-corrected chi connectivity index (χ3v) is 4.45. The summed E-state index contributed by atoms with van der Waals surface area (Å²) in [6.07, 6.45) is 3.06. The molecule has 25 heavy (non-hydrogen) atoms. The van der Waals surface area contributed by atoms with E-state index in [9.17, 15) is 4.79 Å². The minimum atomic E-state index is 0.147. The lowest BCUT2D eigenvalue weighted by Gasteiger charge is -2.24. The maximum absolute atomic E-state index is 12.2. The van der Waals surface area contributed by atoms with Gasteiger partial charge in [-0.15, -0.1) is 0 Å². The Morgan fingerprint density at radius 2 is 1.60 bits per heavy atom. The van der Waals surface area contributed by atoms with E-state index in [1.165, 1.54) is 11.1 Å². The number of rotatable bonds is 5. The van der Waals surface area contributed by atoms with Crippen molar-refractivity contribution in [2.45, 2.75) is 25.7 Å². The summed E-state index contributed by atoms with van der Waals surface area (Å²) in [7, 11) is 3.24. The van der Waals surface area contributed by atoms with E-state index in [0.29, 0.717) is 17.9 Å². The number of hydrogen-bond acceptors (Lipinski definition) is 4. The van der Waals surface area contributed by atoms with Crippen LogP contribution in [0.3, 0.4) is 0 Å². The Bertz CT molecular complexity index is 771. The molecule has 0 radical (unpaired) electrons. The molecular weight excluding hydrogens is 314 g/mol. The highest BCUT2D eigenvalue weighted by molar-refractivity contribution is 5.92. The number of carbonyl (C=O) groups excluding carboxylic acids is 1. The Kier molecular flexibility index (Phi) is 5.08. The molecule has 3 rings (SSSR count). The zero-order chi connectivity index (χ0) is 17.8. The third-order valence-electron chi connectivity index (χ3n) is 4.45. The monoisotopic (exact) mass is 337 g/mol. The van der Waals surface area contributed by atoms with Crippen molar-refractivity contribution in [3.8, 4) is 11.5 Å². The molecule has 1 aliphatic carbocycles. The minimum Gasteiger partial charge on any atom is -0.497 e. The van der Waals surface area contributed by atoms with Crippen LogP contribution >= 0.6 is 0 Å². The number of aryl methyl sites for hydroxylation is 1. The number of ketones is 1. The van der Waals surface area contributed by atoms with Crippen molar-refractivity contribution in [1.29, 1.82) is 0 Å². The minimum absolute atomic E-state index is 0.147. The molecule has 130 valence electrons. The van der Waals surface area contributed by atoms with E-state index in [1.807, 2.05) is 18.2 Å². The van der Waals surface area contributed by atoms with Crippen molar-refractivity contribution in [3.63, 3.8) is 0 Å². The Balaban J connectivity index is 1.80. The number of hydrogen-bond donors (Lipinski definition) is 1. The van der Waals surface area contributed by atoms with E-state index in [1.54, 1.807) is 20.3 Å².